The van der Waals surface area contributed by atoms with E-state index in [0.717, 1.165) is 17.4 Å². The highest BCUT2D eigenvalue weighted by Gasteiger charge is 2.47. The van der Waals surface area contributed by atoms with Crippen LogP contribution in [0, 0.1) is 23.6 Å². The molecule has 3 rings (SSSR count). The number of benzene rings is 1. The third kappa shape index (κ3) is 1.80. The number of nitrogens with two attached hydrogens (primary N) is 1. The minimum Gasteiger partial charge on any atom is -0.324 e. The maximum atomic E-state index is 13.1. The van der Waals surface area contributed by atoms with Gasteiger partial charge in [0.2, 0.25) is 0 Å². The lowest BCUT2D eigenvalue weighted by Crippen LogP contribution is -2.20. The summed E-state index contributed by atoms with van der Waals surface area (Å²) in [5, 5.41) is 0. The average molecular weight is 284 g/mol. The molecule has 1 aromatic carbocycles. The minimum absolute atomic E-state index is 0.0738. The van der Waals surface area contributed by atoms with Gasteiger partial charge in [0.25, 0.3) is 0 Å². The quantitative estimate of drug-likeness (QED) is 0.881. The highest BCUT2D eigenvalue weighted by Crippen LogP contribution is 2.56. The van der Waals surface area contributed by atoms with Crippen LogP contribution in [0.1, 0.15) is 30.9 Å². The number of fused-ring (bicyclic) bond motifs is 1. The van der Waals surface area contributed by atoms with Crippen LogP contribution in [0.25, 0.3) is 0 Å². The van der Waals surface area contributed by atoms with Crippen molar-refractivity contribution in [1.29, 1.82) is 0 Å². The van der Waals surface area contributed by atoms with E-state index < -0.39 is 0 Å². The summed E-state index contributed by atoms with van der Waals surface area (Å²) in [5.74, 6) is 2.27. The largest absolute Gasteiger partial charge is 0.324 e. The van der Waals surface area contributed by atoms with E-state index in [1.807, 2.05) is 12.1 Å². The second-order valence-electron chi connectivity index (χ2n) is 5.19. The second kappa shape index (κ2) is 3.81. The molecule has 3 heteroatoms. The molecule has 0 aromatic heterocycles. The summed E-state index contributed by atoms with van der Waals surface area (Å²) < 4.78 is 13.6. The van der Waals surface area contributed by atoms with Crippen LogP contribution in [0.4, 0.5) is 4.39 Å². The molecule has 2 saturated carbocycles. The average Bonchev–Trinajstić information content (AvgIpc) is 2.89. The van der Waals surface area contributed by atoms with Crippen molar-refractivity contribution in [1.82, 2.24) is 0 Å². The van der Waals surface area contributed by atoms with Gasteiger partial charge in [-0.05, 0) is 70.6 Å². The lowest BCUT2D eigenvalue weighted by molar-refractivity contribution is 0.403. The van der Waals surface area contributed by atoms with Gasteiger partial charge < -0.3 is 5.73 Å². The fraction of sp³-hybridized carbons (Fsp3) is 0.538. The van der Waals surface area contributed by atoms with Gasteiger partial charge in [0.05, 0.1) is 4.47 Å². The first kappa shape index (κ1) is 10.7. The van der Waals surface area contributed by atoms with Crippen LogP contribution in [0.5, 0.6) is 0 Å². The van der Waals surface area contributed by atoms with E-state index in [1.165, 1.54) is 25.3 Å². The summed E-state index contributed by atoms with van der Waals surface area (Å²) >= 11 is 3.21. The van der Waals surface area contributed by atoms with Gasteiger partial charge >= 0.3 is 0 Å². The first-order valence-corrected chi connectivity index (χ1v) is 6.65. The normalized spacial score (nSPS) is 33.6. The maximum absolute atomic E-state index is 13.1. The Balaban J connectivity index is 1.77. The Labute approximate surface area is 103 Å². The number of halogens is 2. The third-order valence-corrected chi connectivity index (χ3v) is 4.72. The zero-order valence-electron chi connectivity index (χ0n) is 9.00. The van der Waals surface area contributed by atoms with Gasteiger partial charge in [0.1, 0.15) is 5.82 Å². The molecule has 2 aliphatic carbocycles. The van der Waals surface area contributed by atoms with Crippen LogP contribution in [0.3, 0.4) is 0 Å². The van der Waals surface area contributed by atoms with Crippen molar-refractivity contribution < 1.29 is 4.39 Å². The van der Waals surface area contributed by atoms with E-state index in [9.17, 15) is 4.39 Å². The molecule has 3 unspecified atom stereocenters. The Morgan fingerprint density at radius 2 is 1.94 bits per heavy atom. The predicted molar refractivity (Wildman–Crippen MR) is 65.3 cm³/mol. The van der Waals surface area contributed by atoms with E-state index in [0.29, 0.717) is 10.4 Å². The lowest BCUT2D eigenvalue weighted by Gasteiger charge is -2.21. The molecule has 0 radical (unpaired) electrons. The molecular weight excluding hydrogens is 269 g/mol. The van der Waals surface area contributed by atoms with Crippen LogP contribution in [-0.2, 0) is 0 Å². The standard InChI is InChI=1S/C13H15BrFN/c14-11-6-7(1-2-12(11)15)13(16)10-4-8-3-9(8)5-10/h1-2,6,8-10,13H,3-5,16H2. The molecule has 0 amide bonds. The summed E-state index contributed by atoms with van der Waals surface area (Å²) in [6.07, 6.45) is 3.94. The summed E-state index contributed by atoms with van der Waals surface area (Å²) in [4.78, 5) is 0. The Hall–Kier alpha value is -0.410. The third-order valence-electron chi connectivity index (χ3n) is 4.12. The van der Waals surface area contributed by atoms with Crippen LogP contribution in [-0.4, -0.2) is 0 Å². The first-order chi connectivity index (χ1) is 7.65. The summed E-state index contributed by atoms with van der Waals surface area (Å²) in [6, 6.07) is 5.21. The molecule has 2 fully saturated rings. The van der Waals surface area contributed by atoms with Crippen molar-refractivity contribution in [2.45, 2.75) is 25.3 Å². The fourth-order valence-corrected chi connectivity index (χ4v) is 3.44. The highest BCUT2D eigenvalue weighted by atomic mass is 79.9. The van der Waals surface area contributed by atoms with Crippen LogP contribution in [0.15, 0.2) is 22.7 Å². The van der Waals surface area contributed by atoms with Crippen LogP contribution in [0.2, 0.25) is 0 Å². The van der Waals surface area contributed by atoms with Gasteiger partial charge in [0.15, 0.2) is 0 Å². The van der Waals surface area contributed by atoms with Gasteiger partial charge in [-0.1, -0.05) is 6.07 Å². The van der Waals surface area contributed by atoms with Gasteiger partial charge in [-0.25, -0.2) is 4.39 Å². The molecule has 0 heterocycles. The van der Waals surface area contributed by atoms with Crippen LogP contribution >= 0.6 is 15.9 Å². The number of hydrogen-bond acceptors (Lipinski definition) is 1. The van der Waals surface area contributed by atoms with Crippen molar-refractivity contribution in [2.75, 3.05) is 0 Å². The minimum atomic E-state index is -0.217. The molecule has 0 saturated heterocycles. The monoisotopic (exact) mass is 283 g/mol. The van der Waals surface area contributed by atoms with Crippen LogP contribution < -0.4 is 5.73 Å². The Bertz CT molecular complexity index is 410. The van der Waals surface area contributed by atoms with Gasteiger partial charge in [-0.15, -0.1) is 0 Å². The van der Waals surface area contributed by atoms with Crippen molar-refractivity contribution in [3.05, 3.63) is 34.1 Å². The molecule has 2 N–H and O–H groups in total. The second-order valence-corrected chi connectivity index (χ2v) is 6.04. The van der Waals surface area contributed by atoms with E-state index in [2.05, 4.69) is 15.9 Å². The van der Waals surface area contributed by atoms with E-state index in [4.69, 9.17) is 5.73 Å². The summed E-state index contributed by atoms with van der Waals surface area (Å²) in [5.41, 5.74) is 7.31. The molecule has 1 nitrogen and oxygen atoms in total. The van der Waals surface area contributed by atoms with Gasteiger partial charge in [-0.2, -0.15) is 0 Å². The van der Waals surface area contributed by atoms with E-state index in [-0.39, 0.29) is 11.9 Å². The molecule has 0 bridgehead atoms. The Morgan fingerprint density at radius 3 is 2.56 bits per heavy atom. The smallest absolute Gasteiger partial charge is 0.137 e. The van der Waals surface area contributed by atoms with Gasteiger partial charge in [0, 0.05) is 6.04 Å². The number of hydrogen-bond donors (Lipinski definition) is 1. The van der Waals surface area contributed by atoms with Gasteiger partial charge in [-0.3, -0.25) is 0 Å². The fourth-order valence-electron chi connectivity index (χ4n) is 3.05. The van der Waals surface area contributed by atoms with Crippen molar-refractivity contribution in [3.63, 3.8) is 0 Å². The van der Waals surface area contributed by atoms with Crippen molar-refractivity contribution in [3.8, 4) is 0 Å². The van der Waals surface area contributed by atoms with E-state index in [1.54, 1.807) is 0 Å². The Morgan fingerprint density at radius 1 is 1.25 bits per heavy atom. The molecule has 16 heavy (non-hydrogen) atoms. The van der Waals surface area contributed by atoms with Crippen molar-refractivity contribution >= 4 is 15.9 Å². The number of rotatable bonds is 2. The first-order valence-electron chi connectivity index (χ1n) is 5.85. The Kier molecular flexibility index (Phi) is 2.55. The topological polar surface area (TPSA) is 26.0 Å². The molecular formula is C13H15BrFN. The maximum Gasteiger partial charge on any atom is 0.137 e. The zero-order valence-corrected chi connectivity index (χ0v) is 10.6. The lowest BCUT2D eigenvalue weighted by atomic mass is 9.90. The molecule has 0 spiro atoms. The van der Waals surface area contributed by atoms with Crippen molar-refractivity contribution in [2.24, 2.45) is 23.5 Å². The molecule has 2 aliphatic rings. The molecule has 1 aromatic rings. The van der Waals surface area contributed by atoms with E-state index >= 15 is 0 Å². The summed E-state index contributed by atoms with van der Waals surface area (Å²) in [7, 11) is 0. The zero-order chi connectivity index (χ0) is 11.3. The molecule has 86 valence electrons. The molecule has 0 aliphatic heterocycles. The predicted octanol–water partition coefficient (Wildman–Crippen LogP) is 3.63. The SMILES string of the molecule is NC(c1ccc(F)c(Br)c1)C1CC2CC2C1. The summed E-state index contributed by atoms with van der Waals surface area (Å²) in [6.45, 7) is 0. The molecule has 3 atom stereocenters. The highest BCUT2D eigenvalue weighted by molar-refractivity contribution is 9.10.